The van der Waals surface area contributed by atoms with Crippen LogP contribution in [0.2, 0.25) is 0 Å². The minimum atomic E-state index is -0.0287. The lowest BCUT2D eigenvalue weighted by Crippen LogP contribution is -2.27. The molecule has 5 nitrogen and oxygen atoms in total. The Bertz CT molecular complexity index is 369. The SMILES string of the molecule is Cc1cccnc1CC(=O)NCCCOCCO. The number of aryl methyl sites for hydroxylation is 1. The minimum Gasteiger partial charge on any atom is -0.394 e. The number of nitrogens with one attached hydrogen (secondary N) is 1. The van der Waals surface area contributed by atoms with Crippen LogP contribution in [0, 0.1) is 6.92 Å². The molecular weight excluding hydrogens is 232 g/mol. The predicted octanol–water partition coefficient (Wildman–Crippen LogP) is 0.448. The third-order valence-electron chi connectivity index (χ3n) is 2.47. The van der Waals surface area contributed by atoms with Crippen LogP contribution in [0.1, 0.15) is 17.7 Å². The molecule has 0 saturated carbocycles. The van der Waals surface area contributed by atoms with Crippen molar-refractivity contribution in [3.8, 4) is 0 Å². The quantitative estimate of drug-likeness (QED) is 0.659. The predicted molar refractivity (Wildman–Crippen MR) is 68.2 cm³/mol. The molecule has 0 spiro atoms. The standard InChI is InChI=1S/C13H20N2O3/c1-11-4-2-5-14-12(11)10-13(17)15-6-3-8-18-9-7-16/h2,4-5,16H,3,6-10H2,1H3,(H,15,17). The molecule has 0 fully saturated rings. The van der Waals surface area contributed by atoms with E-state index in [1.54, 1.807) is 6.20 Å². The first-order chi connectivity index (χ1) is 8.74. The highest BCUT2D eigenvalue weighted by atomic mass is 16.5. The van der Waals surface area contributed by atoms with Gasteiger partial charge in [-0.3, -0.25) is 9.78 Å². The fraction of sp³-hybridized carbons (Fsp3) is 0.538. The maximum atomic E-state index is 11.6. The Morgan fingerprint density at radius 3 is 3.06 bits per heavy atom. The first-order valence-corrected chi connectivity index (χ1v) is 6.10. The van der Waals surface area contributed by atoms with E-state index in [9.17, 15) is 4.79 Å². The van der Waals surface area contributed by atoms with Crippen LogP contribution in [0.3, 0.4) is 0 Å². The summed E-state index contributed by atoms with van der Waals surface area (Å²) in [6.07, 6.45) is 2.75. The van der Waals surface area contributed by atoms with Gasteiger partial charge in [-0.05, 0) is 25.0 Å². The lowest BCUT2D eigenvalue weighted by atomic mass is 10.1. The van der Waals surface area contributed by atoms with E-state index >= 15 is 0 Å². The van der Waals surface area contributed by atoms with E-state index in [-0.39, 0.29) is 12.5 Å². The number of pyridine rings is 1. The maximum Gasteiger partial charge on any atom is 0.226 e. The molecule has 1 heterocycles. The van der Waals surface area contributed by atoms with Gasteiger partial charge in [-0.15, -0.1) is 0 Å². The Kier molecular flexibility index (Phi) is 6.98. The van der Waals surface area contributed by atoms with Gasteiger partial charge in [0.25, 0.3) is 0 Å². The van der Waals surface area contributed by atoms with Crippen LogP contribution >= 0.6 is 0 Å². The smallest absolute Gasteiger partial charge is 0.226 e. The minimum absolute atomic E-state index is 0.0287. The number of carbonyl (C=O) groups excluding carboxylic acids is 1. The number of ether oxygens (including phenoxy) is 1. The fourth-order valence-corrected chi connectivity index (χ4v) is 1.49. The van der Waals surface area contributed by atoms with E-state index in [4.69, 9.17) is 9.84 Å². The molecule has 100 valence electrons. The molecule has 0 saturated heterocycles. The molecule has 5 heteroatoms. The molecule has 2 N–H and O–H groups in total. The van der Waals surface area contributed by atoms with Crippen LogP contribution in [0.4, 0.5) is 0 Å². The average molecular weight is 252 g/mol. The number of hydrogen-bond donors (Lipinski definition) is 2. The van der Waals surface area contributed by atoms with Crippen LogP contribution in [-0.4, -0.2) is 42.4 Å². The molecule has 0 aliphatic carbocycles. The van der Waals surface area contributed by atoms with Crippen molar-refractivity contribution in [3.63, 3.8) is 0 Å². The second-order valence-electron chi connectivity index (χ2n) is 3.98. The van der Waals surface area contributed by atoms with Crippen LogP contribution in [-0.2, 0) is 16.0 Å². The number of nitrogens with zero attached hydrogens (tertiary/aromatic N) is 1. The molecule has 1 aromatic rings. The van der Waals surface area contributed by atoms with Crippen molar-refractivity contribution in [3.05, 3.63) is 29.6 Å². The Morgan fingerprint density at radius 1 is 1.50 bits per heavy atom. The summed E-state index contributed by atoms with van der Waals surface area (Å²) in [5.41, 5.74) is 1.84. The Balaban J connectivity index is 2.16. The Hall–Kier alpha value is -1.46. The number of rotatable bonds is 8. The van der Waals surface area contributed by atoms with Gasteiger partial charge in [0, 0.05) is 19.3 Å². The molecule has 0 aliphatic heterocycles. The highest BCUT2D eigenvalue weighted by Crippen LogP contribution is 2.03. The van der Waals surface area contributed by atoms with Crippen molar-refractivity contribution in [1.29, 1.82) is 0 Å². The number of aliphatic hydroxyl groups excluding tert-OH is 1. The van der Waals surface area contributed by atoms with Gasteiger partial charge in [-0.2, -0.15) is 0 Å². The van der Waals surface area contributed by atoms with E-state index in [1.165, 1.54) is 0 Å². The zero-order chi connectivity index (χ0) is 13.2. The van der Waals surface area contributed by atoms with E-state index in [2.05, 4.69) is 10.3 Å². The summed E-state index contributed by atoms with van der Waals surface area (Å²) >= 11 is 0. The van der Waals surface area contributed by atoms with Gasteiger partial charge in [-0.25, -0.2) is 0 Å². The highest BCUT2D eigenvalue weighted by Gasteiger charge is 2.05. The molecule has 1 aromatic heterocycles. The third-order valence-corrected chi connectivity index (χ3v) is 2.47. The number of amides is 1. The molecule has 1 rings (SSSR count). The Morgan fingerprint density at radius 2 is 2.33 bits per heavy atom. The molecular formula is C13H20N2O3. The third kappa shape index (κ3) is 5.75. The van der Waals surface area contributed by atoms with Crippen molar-refractivity contribution in [2.24, 2.45) is 0 Å². The molecule has 18 heavy (non-hydrogen) atoms. The van der Waals surface area contributed by atoms with Crippen LogP contribution in [0.5, 0.6) is 0 Å². The first kappa shape index (κ1) is 14.6. The largest absolute Gasteiger partial charge is 0.394 e. The number of aliphatic hydroxyl groups is 1. The van der Waals surface area contributed by atoms with Gasteiger partial charge in [0.05, 0.1) is 25.3 Å². The molecule has 0 bridgehead atoms. The topological polar surface area (TPSA) is 71.5 Å². The molecule has 1 amide bonds. The monoisotopic (exact) mass is 252 g/mol. The molecule has 0 atom stereocenters. The first-order valence-electron chi connectivity index (χ1n) is 6.10. The van der Waals surface area contributed by atoms with Crippen LogP contribution in [0.15, 0.2) is 18.3 Å². The summed E-state index contributed by atoms with van der Waals surface area (Å²) in [6.45, 7) is 3.45. The lowest BCUT2D eigenvalue weighted by molar-refractivity contribution is -0.120. The molecule has 0 radical (unpaired) electrons. The van der Waals surface area contributed by atoms with Gasteiger partial charge in [0.1, 0.15) is 0 Å². The molecule has 0 aromatic carbocycles. The molecule has 0 aliphatic rings. The normalized spacial score (nSPS) is 10.3. The summed E-state index contributed by atoms with van der Waals surface area (Å²) in [5.74, 6) is -0.0287. The van der Waals surface area contributed by atoms with Crippen molar-refractivity contribution in [1.82, 2.24) is 10.3 Å². The van der Waals surface area contributed by atoms with Gasteiger partial charge < -0.3 is 15.2 Å². The van der Waals surface area contributed by atoms with Crippen molar-refractivity contribution in [2.45, 2.75) is 19.8 Å². The van der Waals surface area contributed by atoms with E-state index in [0.717, 1.165) is 17.7 Å². The summed E-state index contributed by atoms with van der Waals surface area (Å²) in [7, 11) is 0. The summed E-state index contributed by atoms with van der Waals surface area (Å²) in [6, 6.07) is 3.80. The average Bonchev–Trinajstić information content (AvgIpc) is 2.36. The molecule has 0 unspecified atom stereocenters. The summed E-state index contributed by atoms with van der Waals surface area (Å²) in [4.78, 5) is 15.8. The zero-order valence-corrected chi connectivity index (χ0v) is 10.7. The summed E-state index contributed by atoms with van der Waals surface area (Å²) < 4.78 is 5.09. The van der Waals surface area contributed by atoms with E-state index < -0.39 is 0 Å². The van der Waals surface area contributed by atoms with E-state index in [1.807, 2.05) is 19.1 Å². The fourth-order valence-electron chi connectivity index (χ4n) is 1.49. The van der Waals surface area contributed by atoms with Crippen LogP contribution < -0.4 is 5.32 Å². The van der Waals surface area contributed by atoms with Crippen molar-refractivity contribution < 1.29 is 14.6 Å². The van der Waals surface area contributed by atoms with Gasteiger partial charge in [0.15, 0.2) is 0 Å². The lowest BCUT2D eigenvalue weighted by Gasteiger charge is -2.06. The zero-order valence-electron chi connectivity index (χ0n) is 10.7. The second kappa shape index (κ2) is 8.60. The van der Waals surface area contributed by atoms with Gasteiger partial charge >= 0.3 is 0 Å². The van der Waals surface area contributed by atoms with Crippen molar-refractivity contribution >= 4 is 5.91 Å². The number of aromatic nitrogens is 1. The van der Waals surface area contributed by atoms with Crippen molar-refractivity contribution in [2.75, 3.05) is 26.4 Å². The number of carbonyl (C=O) groups is 1. The van der Waals surface area contributed by atoms with Gasteiger partial charge in [0.2, 0.25) is 5.91 Å². The summed E-state index contributed by atoms with van der Waals surface area (Å²) in [5, 5.41) is 11.3. The van der Waals surface area contributed by atoms with E-state index in [0.29, 0.717) is 26.2 Å². The second-order valence-corrected chi connectivity index (χ2v) is 3.98. The maximum absolute atomic E-state index is 11.6. The number of hydrogen-bond acceptors (Lipinski definition) is 4. The van der Waals surface area contributed by atoms with Gasteiger partial charge in [-0.1, -0.05) is 6.07 Å². The van der Waals surface area contributed by atoms with Crippen LogP contribution in [0.25, 0.3) is 0 Å². The Labute approximate surface area is 107 Å². The highest BCUT2D eigenvalue weighted by molar-refractivity contribution is 5.78.